The Morgan fingerprint density at radius 1 is 0.783 bits per heavy atom. The largest absolute Gasteiger partial charge is 0.465 e. The summed E-state index contributed by atoms with van der Waals surface area (Å²) in [5.74, 6) is -0.294. The van der Waals surface area contributed by atoms with E-state index in [1.54, 1.807) is 0 Å². The van der Waals surface area contributed by atoms with Crippen molar-refractivity contribution in [2.45, 2.75) is 96.8 Å². The number of unbranched alkanes of at least 4 members (excludes halogenated alkanes) is 12. The molecule has 0 amide bonds. The van der Waals surface area contributed by atoms with E-state index in [1.807, 2.05) is 0 Å². The summed E-state index contributed by atoms with van der Waals surface area (Å²) >= 11 is 0. The summed E-state index contributed by atoms with van der Waals surface area (Å²) in [6.45, 7) is 2.78. The average Bonchev–Trinajstić information content (AvgIpc) is 2.57. The number of esters is 1. The van der Waals surface area contributed by atoms with Crippen molar-refractivity contribution in [1.82, 2.24) is 0 Å². The first-order valence-corrected chi connectivity index (χ1v) is 9.82. The highest BCUT2D eigenvalue weighted by Crippen LogP contribution is 2.09. The van der Waals surface area contributed by atoms with Gasteiger partial charge in [-0.15, -0.1) is 0 Å². The molecule has 0 aromatic heterocycles. The van der Waals surface area contributed by atoms with Crippen LogP contribution in [0.1, 0.15) is 96.8 Å². The van der Waals surface area contributed by atoms with E-state index >= 15 is 0 Å². The second kappa shape index (κ2) is 19.2. The Labute approximate surface area is 144 Å². The minimum absolute atomic E-state index is 0.00756. The highest BCUT2D eigenvalue weighted by atomic mass is 16.5. The van der Waals surface area contributed by atoms with E-state index in [4.69, 9.17) is 10.5 Å². The van der Waals surface area contributed by atoms with Crippen molar-refractivity contribution >= 4 is 5.97 Å². The van der Waals surface area contributed by atoms with Gasteiger partial charge < -0.3 is 10.5 Å². The summed E-state index contributed by atoms with van der Waals surface area (Å²) in [5.41, 5.74) is 5.16. The number of rotatable bonds is 17. The minimum atomic E-state index is -0.294. The van der Waals surface area contributed by atoms with Gasteiger partial charge in [-0.1, -0.05) is 76.9 Å². The maximum atomic E-state index is 10.8. The van der Waals surface area contributed by atoms with Crippen LogP contribution in [0.3, 0.4) is 0 Å². The Kier molecular flexibility index (Phi) is 18.5. The average molecular weight is 326 g/mol. The first kappa shape index (κ1) is 22.2. The van der Waals surface area contributed by atoms with E-state index in [2.05, 4.69) is 19.1 Å². The van der Waals surface area contributed by atoms with Gasteiger partial charge in [-0.05, 0) is 32.1 Å². The minimum Gasteiger partial charge on any atom is -0.465 e. The van der Waals surface area contributed by atoms with Gasteiger partial charge in [-0.2, -0.15) is 0 Å². The second-order valence-electron chi connectivity index (χ2n) is 6.36. The van der Waals surface area contributed by atoms with Crippen molar-refractivity contribution in [2.24, 2.45) is 5.73 Å². The third kappa shape index (κ3) is 19.1. The van der Waals surface area contributed by atoms with Gasteiger partial charge in [-0.25, -0.2) is 0 Å². The summed E-state index contributed by atoms with van der Waals surface area (Å²) in [6, 6.07) is 0. The highest BCUT2D eigenvalue weighted by Gasteiger charge is 1.97. The van der Waals surface area contributed by atoms with Gasteiger partial charge in [-0.3, -0.25) is 4.79 Å². The topological polar surface area (TPSA) is 52.3 Å². The van der Waals surface area contributed by atoms with Crippen molar-refractivity contribution in [1.29, 1.82) is 0 Å². The van der Waals surface area contributed by atoms with E-state index in [-0.39, 0.29) is 12.5 Å². The standard InChI is InChI=1S/C20H39NO2/c1-2-3-4-5-6-7-8-9-10-11-12-13-14-15-16-17-18-23-20(22)19-21/h9-10H,2-8,11-19,21H2,1H3. The fourth-order valence-corrected chi connectivity index (χ4v) is 2.59. The van der Waals surface area contributed by atoms with Crippen molar-refractivity contribution in [3.8, 4) is 0 Å². The monoisotopic (exact) mass is 325 g/mol. The smallest absolute Gasteiger partial charge is 0.319 e. The number of hydrogen-bond acceptors (Lipinski definition) is 3. The number of carbonyl (C=O) groups excluding carboxylic acids is 1. The van der Waals surface area contributed by atoms with Crippen LogP contribution < -0.4 is 5.73 Å². The van der Waals surface area contributed by atoms with Crippen LogP contribution >= 0.6 is 0 Å². The maximum Gasteiger partial charge on any atom is 0.319 e. The molecule has 2 N–H and O–H groups in total. The Hall–Kier alpha value is -0.830. The van der Waals surface area contributed by atoms with E-state index < -0.39 is 0 Å². The SMILES string of the molecule is CCCCCCCCC=CCCCCCCCCOC(=O)CN. The zero-order valence-electron chi connectivity index (χ0n) is 15.4. The van der Waals surface area contributed by atoms with Crippen LogP contribution in [-0.4, -0.2) is 19.1 Å². The van der Waals surface area contributed by atoms with Crippen molar-refractivity contribution in [3.63, 3.8) is 0 Å². The molecule has 0 rings (SSSR count). The van der Waals surface area contributed by atoms with Gasteiger partial charge >= 0.3 is 5.97 Å². The summed E-state index contributed by atoms with van der Waals surface area (Å²) < 4.78 is 4.94. The lowest BCUT2D eigenvalue weighted by molar-refractivity contribution is -0.142. The Balaban J connectivity index is 3.09. The van der Waals surface area contributed by atoms with E-state index in [9.17, 15) is 4.79 Å². The summed E-state index contributed by atoms with van der Waals surface area (Å²) in [4.78, 5) is 10.8. The van der Waals surface area contributed by atoms with E-state index in [0.717, 1.165) is 12.8 Å². The van der Waals surface area contributed by atoms with Gasteiger partial charge in [0, 0.05) is 0 Å². The fraction of sp³-hybridized carbons (Fsp3) is 0.850. The Morgan fingerprint density at radius 2 is 1.26 bits per heavy atom. The van der Waals surface area contributed by atoms with Crippen LogP contribution in [0.15, 0.2) is 12.2 Å². The van der Waals surface area contributed by atoms with Gasteiger partial charge in [0.2, 0.25) is 0 Å². The summed E-state index contributed by atoms with van der Waals surface area (Å²) in [7, 11) is 0. The van der Waals surface area contributed by atoms with Crippen LogP contribution in [0, 0.1) is 0 Å². The molecule has 23 heavy (non-hydrogen) atoms. The zero-order chi connectivity index (χ0) is 17.0. The van der Waals surface area contributed by atoms with Gasteiger partial charge in [0.15, 0.2) is 0 Å². The lowest BCUT2D eigenvalue weighted by atomic mass is 10.1. The van der Waals surface area contributed by atoms with Crippen LogP contribution in [0.5, 0.6) is 0 Å². The molecule has 0 saturated heterocycles. The first-order valence-electron chi connectivity index (χ1n) is 9.82. The number of allylic oxidation sites excluding steroid dienone is 2. The van der Waals surface area contributed by atoms with Crippen molar-refractivity contribution in [2.75, 3.05) is 13.2 Å². The van der Waals surface area contributed by atoms with Crippen LogP contribution in [0.25, 0.3) is 0 Å². The molecule has 0 unspecified atom stereocenters. The molecule has 0 spiro atoms. The number of carbonyl (C=O) groups is 1. The van der Waals surface area contributed by atoms with Crippen molar-refractivity contribution in [3.05, 3.63) is 12.2 Å². The fourth-order valence-electron chi connectivity index (χ4n) is 2.59. The molecule has 3 heteroatoms. The second-order valence-corrected chi connectivity index (χ2v) is 6.36. The maximum absolute atomic E-state index is 10.8. The first-order chi connectivity index (χ1) is 11.3. The lowest BCUT2D eigenvalue weighted by Crippen LogP contribution is -2.17. The van der Waals surface area contributed by atoms with Gasteiger partial charge in [0.1, 0.15) is 0 Å². The van der Waals surface area contributed by atoms with Crippen LogP contribution in [-0.2, 0) is 9.53 Å². The van der Waals surface area contributed by atoms with Gasteiger partial charge in [0.25, 0.3) is 0 Å². The summed E-state index contributed by atoms with van der Waals surface area (Å²) in [5, 5.41) is 0. The normalized spacial score (nSPS) is 11.2. The van der Waals surface area contributed by atoms with Crippen molar-refractivity contribution < 1.29 is 9.53 Å². The predicted molar refractivity (Wildman–Crippen MR) is 99.5 cm³/mol. The third-order valence-corrected chi connectivity index (χ3v) is 4.09. The Morgan fingerprint density at radius 3 is 1.78 bits per heavy atom. The highest BCUT2D eigenvalue weighted by molar-refractivity contribution is 5.71. The van der Waals surface area contributed by atoms with E-state index in [1.165, 1.54) is 77.0 Å². The Bertz CT molecular complexity index is 277. The molecule has 0 saturated carbocycles. The predicted octanol–water partition coefficient (Wildman–Crippen LogP) is 5.53. The number of ether oxygens (including phenoxy) is 1. The molecule has 0 radical (unpaired) electrons. The molecule has 0 fully saturated rings. The third-order valence-electron chi connectivity index (χ3n) is 4.09. The molecule has 0 bridgehead atoms. The zero-order valence-corrected chi connectivity index (χ0v) is 15.4. The molecular formula is C20H39NO2. The van der Waals surface area contributed by atoms with E-state index in [0.29, 0.717) is 6.61 Å². The van der Waals surface area contributed by atoms with Crippen LogP contribution in [0.2, 0.25) is 0 Å². The van der Waals surface area contributed by atoms with Gasteiger partial charge in [0.05, 0.1) is 13.2 Å². The molecule has 0 atom stereocenters. The molecule has 0 aliphatic carbocycles. The quantitative estimate of drug-likeness (QED) is 0.217. The molecule has 3 nitrogen and oxygen atoms in total. The molecule has 0 aromatic carbocycles. The number of hydrogen-bond donors (Lipinski definition) is 1. The molecular weight excluding hydrogens is 286 g/mol. The van der Waals surface area contributed by atoms with Crippen LogP contribution in [0.4, 0.5) is 0 Å². The molecule has 0 aliphatic heterocycles. The molecule has 0 aromatic rings. The molecule has 136 valence electrons. The summed E-state index contributed by atoms with van der Waals surface area (Å²) in [6.07, 6.45) is 22.8. The molecule has 0 heterocycles. The lowest BCUT2D eigenvalue weighted by Gasteiger charge is -2.03. The number of nitrogens with two attached hydrogens (primary N) is 1. The molecule has 0 aliphatic rings.